The van der Waals surface area contributed by atoms with Crippen molar-refractivity contribution in [1.82, 2.24) is 4.57 Å². The van der Waals surface area contributed by atoms with Crippen molar-refractivity contribution in [3.05, 3.63) is 63.9 Å². The first kappa shape index (κ1) is 15.1. The van der Waals surface area contributed by atoms with Gasteiger partial charge in [0.2, 0.25) is 0 Å². The number of ketones is 1. The minimum absolute atomic E-state index is 0.100. The van der Waals surface area contributed by atoms with E-state index in [1.54, 1.807) is 49.5 Å². The van der Waals surface area contributed by atoms with E-state index >= 15 is 0 Å². The molecule has 0 fully saturated rings. The van der Waals surface area contributed by atoms with Crippen LogP contribution in [-0.4, -0.2) is 28.0 Å². The van der Waals surface area contributed by atoms with E-state index in [1.165, 1.54) is 4.57 Å². The van der Waals surface area contributed by atoms with Gasteiger partial charge in [-0.05, 0) is 11.6 Å². The van der Waals surface area contributed by atoms with E-state index in [0.29, 0.717) is 33.2 Å². The zero-order valence-corrected chi connectivity index (χ0v) is 13.4. The molecule has 0 amide bonds. The zero-order chi connectivity index (χ0) is 17.7. The monoisotopic (exact) mass is 334 g/mol. The molecule has 0 saturated carbocycles. The second-order valence-electron chi connectivity index (χ2n) is 5.94. The average Bonchev–Trinajstić information content (AvgIpc) is 2.62. The highest BCUT2D eigenvalue weighted by Crippen LogP contribution is 2.41. The number of hydrogen-bond acceptors (Lipinski definition) is 4. The molecule has 0 saturated heterocycles. The normalized spacial score (nSPS) is 12.1. The Labute approximate surface area is 142 Å². The van der Waals surface area contributed by atoms with E-state index in [2.05, 4.69) is 5.32 Å². The molecule has 6 heteroatoms. The Morgan fingerprint density at radius 1 is 1.04 bits per heavy atom. The summed E-state index contributed by atoms with van der Waals surface area (Å²) >= 11 is 0. The van der Waals surface area contributed by atoms with Crippen LogP contribution in [0.2, 0.25) is 0 Å². The summed E-state index contributed by atoms with van der Waals surface area (Å²) in [7, 11) is 1.61. The quantitative estimate of drug-likeness (QED) is 0.600. The van der Waals surface area contributed by atoms with Crippen molar-refractivity contribution in [2.75, 3.05) is 11.9 Å². The number of aryl methyl sites for hydroxylation is 1. The molecule has 124 valence electrons. The van der Waals surface area contributed by atoms with Crippen LogP contribution in [-0.2, 0) is 11.8 Å². The van der Waals surface area contributed by atoms with Crippen LogP contribution in [0.4, 0.5) is 5.69 Å². The Kier molecular flexibility index (Phi) is 3.21. The molecule has 6 nitrogen and oxygen atoms in total. The molecule has 1 aliphatic rings. The highest BCUT2D eigenvalue weighted by atomic mass is 16.4. The number of fused-ring (bicyclic) bond motifs is 2. The summed E-state index contributed by atoms with van der Waals surface area (Å²) in [5, 5.41) is 12.4. The fraction of sp³-hybridized carbons (Fsp3) is 0.105. The molecule has 0 spiro atoms. The van der Waals surface area contributed by atoms with Gasteiger partial charge in [-0.15, -0.1) is 0 Å². The number of benzene rings is 2. The van der Waals surface area contributed by atoms with Crippen molar-refractivity contribution in [3.8, 4) is 11.1 Å². The molecule has 0 bridgehead atoms. The second kappa shape index (κ2) is 5.31. The van der Waals surface area contributed by atoms with Crippen molar-refractivity contribution in [2.45, 2.75) is 0 Å². The van der Waals surface area contributed by atoms with Gasteiger partial charge in [-0.3, -0.25) is 14.4 Å². The maximum atomic E-state index is 12.9. The first-order valence-electron chi connectivity index (χ1n) is 7.76. The largest absolute Gasteiger partial charge is 0.480 e. The highest BCUT2D eigenvalue weighted by Gasteiger charge is 2.29. The molecule has 0 unspecified atom stereocenters. The van der Waals surface area contributed by atoms with Gasteiger partial charge >= 0.3 is 5.97 Å². The summed E-state index contributed by atoms with van der Waals surface area (Å²) < 4.78 is 1.44. The smallest absolute Gasteiger partial charge is 0.322 e. The number of nitrogens with zero attached hydrogens (tertiary/aromatic N) is 1. The molecular formula is C19H14N2O4. The van der Waals surface area contributed by atoms with Crippen molar-refractivity contribution < 1.29 is 14.7 Å². The fourth-order valence-corrected chi connectivity index (χ4v) is 3.42. The van der Waals surface area contributed by atoms with E-state index in [9.17, 15) is 14.4 Å². The van der Waals surface area contributed by atoms with Crippen LogP contribution in [0.25, 0.3) is 22.0 Å². The molecule has 25 heavy (non-hydrogen) atoms. The molecule has 1 heterocycles. The molecule has 3 aromatic rings. The fourth-order valence-electron chi connectivity index (χ4n) is 3.42. The number of anilines is 1. The number of aliphatic carboxylic acids is 1. The van der Waals surface area contributed by atoms with E-state index in [0.717, 1.165) is 0 Å². The van der Waals surface area contributed by atoms with Crippen LogP contribution in [0.3, 0.4) is 0 Å². The van der Waals surface area contributed by atoms with Crippen molar-refractivity contribution in [2.24, 2.45) is 7.05 Å². The van der Waals surface area contributed by atoms with Crippen LogP contribution < -0.4 is 10.9 Å². The van der Waals surface area contributed by atoms with Gasteiger partial charge < -0.3 is 15.0 Å². The Morgan fingerprint density at radius 2 is 1.72 bits per heavy atom. The van der Waals surface area contributed by atoms with E-state index in [1.807, 2.05) is 0 Å². The van der Waals surface area contributed by atoms with Crippen molar-refractivity contribution >= 4 is 28.3 Å². The van der Waals surface area contributed by atoms with Gasteiger partial charge in [-0.1, -0.05) is 36.4 Å². The van der Waals surface area contributed by atoms with Crippen molar-refractivity contribution in [1.29, 1.82) is 0 Å². The van der Waals surface area contributed by atoms with Gasteiger partial charge in [-0.25, -0.2) is 0 Å². The number of nitrogens with one attached hydrogen (secondary N) is 1. The summed E-state index contributed by atoms with van der Waals surface area (Å²) in [5.41, 5.74) is 2.76. The number of rotatable bonds is 3. The minimum Gasteiger partial charge on any atom is -0.480 e. The van der Waals surface area contributed by atoms with Crippen LogP contribution in [0, 0.1) is 0 Å². The maximum absolute atomic E-state index is 12.9. The lowest BCUT2D eigenvalue weighted by molar-refractivity contribution is -0.134. The van der Waals surface area contributed by atoms with Gasteiger partial charge in [0.15, 0.2) is 5.78 Å². The summed E-state index contributed by atoms with van der Waals surface area (Å²) in [6, 6.07) is 12.3. The maximum Gasteiger partial charge on any atom is 0.322 e. The Hall–Kier alpha value is -3.41. The Bertz CT molecular complexity index is 1130. The third-order valence-corrected chi connectivity index (χ3v) is 4.52. The molecule has 4 rings (SSSR count). The number of aromatic nitrogens is 1. The zero-order valence-electron chi connectivity index (χ0n) is 13.4. The molecule has 2 N–H and O–H groups in total. The lowest BCUT2D eigenvalue weighted by Gasteiger charge is -2.23. The molecule has 1 aromatic heterocycles. The van der Waals surface area contributed by atoms with Crippen LogP contribution in [0.15, 0.2) is 47.3 Å². The SMILES string of the molecule is Cn1c(=O)c(NCC(=O)O)c2c3c(cccc31)C(=O)c1ccccc1-2. The Balaban J connectivity index is 2.19. The van der Waals surface area contributed by atoms with Gasteiger partial charge in [0, 0.05) is 29.1 Å². The molecule has 0 aliphatic heterocycles. The number of carbonyl (C=O) groups excluding carboxylic acids is 1. The molecule has 1 aliphatic carbocycles. The second-order valence-corrected chi connectivity index (χ2v) is 5.94. The molecule has 2 aromatic carbocycles. The number of carboxylic acid groups (broad SMARTS) is 1. The first-order chi connectivity index (χ1) is 12.0. The lowest BCUT2D eigenvalue weighted by atomic mass is 9.83. The standard InChI is InChI=1S/C19H14N2O4/c1-21-13-8-4-7-12-15(13)16(17(19(21)25)20-9-14(22)23)10-5-2-3-6-11(10)18(12)24/h2-8,20H,9H2,1H3,(H,22,23). The average molecular weight is 334 g/mol. The highest BCUT2D eigenvalue weighted by molar-refractivity contribution is 6.26. The third-order valence-electron chi connectivity index (χ3n) is 4.52. The predicted molar refractivity (Wildman–Crippen MR) is 94.2 cm³/mol. The first-order valence-corrected chi connectivity index (χ1v) is 7.76. The summed E-state index contributed by atoms with van der Waals surface area (Å²) in [6.07, 6.45) is 0. The van der Waals surface area contributed by atoms with Crippen LogP contribution in [0.5, 0.6) is 0 Å². The molecule has 0 radical (unpaired) electrons. The van der Waals surface area contributed by atoms with Gasteiger partial charge in [-0.2, -0.15) is 0 Å². The number of carbonyl (C=O) groups is 2. The summed E-state index contributed by atoms with van der Waals surface area (Å²) in [4.78, 5) is 36.7. The molecular weight excluding hydrogens is 320 g/mol. The van der Waals surface area contributed by atoms with E-state index in [-0.39, 0.29) is 23.6 Å². The number of pyridine rings is 1. The van der Waals surface area contributed by atoms with Crippen LogP contribution >= 0.6 is 0 Å². The minimum atomic E-state index is -1.07. The summed E-state index contributed by atoms with van der Waals surface area (Å²) in [6.45, 7) is -0.383. The third kappa shape index (κ3) is 2.07. The lowest BCUT2D eigenvalue weighted by Crippen LogP contribution is -2.27. The van der Waals surface area contributed by atoms with E-state index in [4.69, 9.17) is 5.11 Å². The Morgan fingerprint density at radius 3 is 2.44 bits per heavy atom. The molecule has 0 atom stereocenters. The van der Waals surface area contributed by atoms with Crippen molar-refractivity contribution in [3.63, 3.8) is 0 Å². The predicted octanol–water partition coefficient (Wildman–Crippen LogP) is 2.25. The topological polar surface area (TPSA) is 88.4 Å². The number of hydrogen-bond donors (Lipinski definition) is 2. The van der Waals surface area contributed by atoms with Gasteiger partial charge in [0.25, 0.3) is 5.56 Å². The van der Waals surface area contributed by atoms with E-state index < -0.39 is 5.97 Å². The van der Waals surface area contributed by atoms with Gasteiger partial charge in [0.1, 0.15) is 12.2 Å². The summed E-state index contributed by atoms with van der Waals surface area (Å²) in [5.74, 6) is -1.17. The number of carboxylic acids is 1. The van der Waals surface area contributed by atoms with Crippen LogP contribution in [0.1, 0.15) is 15.9 Å². The van der Waals surface area contributed by atoms with Gasteiger partial charge in [0.05, 0.1) is 5.52 Å².